The van der Waals surface area contributed by atoms with Crippen LogP contribution in [0.5, 0.6) is 0 Å². The van der Waals surface area contributed by atoms with Crippen LogP contribution in [0, 0.1) is 70.0 Å². The second kappa shape index (κ2) is 4.71. The lowest BCUT2D eigenvalue weighted by Crippen LogP contribution is -2.88. The van der Waals surface area contributed by atoms with Gasteiger partial charge in [0.2, 0.25) is 0 Å². The van der Waals surface area contributed by atoms with Gasteiger partial charge in [-0.2, -0.15) is 0 Å². The number of halogens is 1. The quantitative estimate of drug-likeness (QED) is 0.286. The van der Waals surface area contributed by atoms with Crippen LogP contribution in [0.1, 0.15) is 72.1 Å². The van der Waals surface area contributed by atoms with Crippen molar-refractivity contribution >= 4 is 24.2 Å². The number of alkyl halides is 1. The third kappa shape index (κ3) is 1.70. The summed E-state index contributed by atoms with van der Waals surface area (Å²) in [6.45, 7) is 12.4. The third-order valence-corrected chi connectivity index (χ3v) is 20.2. The first kappa shape index (κ1) is 18.9. The van der Waals surface area contributed by atoms with Crippen molar-refractivity contribution in [2.24, 2.45) is 70.0 Å². The normalized spacial score (nSPS) is 69.9. The molecule has 0 aliphatic heterocycles. The molecular formula is C28H41BrOSi. The van der Waals surface area contributed by atoms with Crippen molar-refractivity contribution in [3.8, 4) is 0 Å². The van der Waals surface area contributed by atoms with E-state index in [-0.39, 0.29) is 5.60 Å². The summed E-state index contributed by atoms with van der Waals surface area (Å²) in [5.74, 6) is 10.9. The molecule has 0 aromatic carbocycles. The summed E-state index contributed by atoms with van der Waals surface area (Å²) in [6.07, 6.45) is 12.3. The Bertz CT molecular complexity index is 892. The molecule has 0 heterocycles. The summed E-state index contributed by atoms with van der Waals surface area (Å²) in [5, 5.41) is 0.337. The van der Waals surface area contributed by atoms with Crippen LogP contribution in [0.4, 0.5) is 0 Å². The molecule has 0 aromatic heterocycles. The van der Waals surface area contributed by atoms with Gasteiger partial charge in [0.1, 0.15) is 0 Å². The van der Waals surface area contributed by atoms with Gasteiger partial charge in [-0.25, -0.2) is 0 Å². The zero-order chi connectivity index (χ0) is 21.1. The molecule has 0 radical (unpaired) electrons. The Balaban J connectivity index is 1.21. The molecule has 14 bridgehead atoms. The van der Waals surface area contributed by atoms with Crippen molar-refractivity contribution in [1.29, 1.82) is 0 Å². The molecule has 170 valence electrons. The maximum absolute atomic E-state index is 7.55. The maximum Gasteiger partial charge on any atom is 0.192 e. The van der Waals surface area contributed by atoms with E-state index >= 15 is 0 Å². The second-order valence-electron chi connectivity index (χ2n) is 16.3. The van der Waals surface area contributed by atoms with Crippen LogP contribution in [0.2, 0.25) is 18.1 Å². The average Bonchev–Trinajstić information content (AvgIpc) is 2.63. The average molecular weight is 502 g/mol. The van der Waals surface area contributed by atoms with E-state index in [9.17, 15) is 0 Å². The molecule has 3 heteroatoms. The summed E-state index contributed by atoms with van der Waals surface area (Å²) >= 11 is 4.39. The van der Waals surface area contributed by atoms with E-state index in [4.69, 9.17) is 4.43 Å². The van der Waals surface area contributed by atoms with Gasteiger partial charge >= 0.3 is 0 Å². The molecule has 13 saturated carbocycles. The summed E-state index contributed by atoms with van der Waals surface area (Å²) in [6, 6.07) is 0. The molecule has 0 saturated heterocycles. The van der Waals surface area contributed by atoms with Crippen LogP contribution in [0.15, 0.2) is 0 Å². The molecule has 8 unspecified atom stereocenters. The zero-order valence-corrected chi connectivity index (χ0v) is 22.8. The highest BCUT2D eigenvalue weighted by Crippen LogP contribution is 2.94. The van der Waals surface area contributed by atoms with Crippen LogP contribution < -0.4 is 0 Å². The smallest absolute Gasteiger partial charge is 0.192 e. The Hall–Kier alpha value is 0.657. The van der Waals surface area contributed by atoms with E-state index in [2.05, 4.69) is 49.8 Å². The molecule has 31 heavy (non-hydrogen) atoms. The molecular weight excluding hydrogens is 460 g/mol. The molecule has 1 nitrogen and oxygen atoms in total. The van der Waals surface area contributed by atoms with Crippen molar-refractivity contribution in [1.82, 2.24) is 0 Å². The minimum absolute atomic E-state index is 0.270. The lowest BCUT2D eigenvalue weighted by Gasteiger charge is -2.92. The molecule has 0 N–H and O–H groups in total. The third-order valence-electron chi connectivity index (χ3n) is 14.7. The highest BCUT2D eigenvalue weighted by molar-refractivity contribution is 9.10. The molecule has 8 atom stereocenters. The number of rotatable bonds is 2. The Morgan fingerprint density at radius 3 is 1.61 bits per heavy atom. The van der Waals surface area contributed by atoms with Crippen molar-refractivity contribution in [3.05, 3.63) is 0 Å². The van der Waals surface area contributed by atoms with Crippen LogP contribution >= 0.6 is 15.9 Å². The Labute approximate surface area is 198 Å². The summed E-state index contributed by atoms with van der Waals surface area (Å²) in [7, 11) is -1.73. The van der Waals surface area contributed by atoms with Crippen molar-refractivity contribution in [2.45, 2.75) is 100 Å². The fourth-order valence-corrected chi connectivity index (χ4v) is 17.2. The molecule has 13 aliphatic rings. The number of hydrogen-bond donors (Lipinski definition) is 0. The zero-order valence-electron chi connectivity index (χ0n) is 20.2. The van der Waals surface area contributed by atoms with Crippen molar-refractivity contribution in [2.75, 3.05) is 0 Å². The van der Waals surface area contributed by atoms with E-state index < -0.39 is 8.32 Å². The predicted octanol–water partition coefficient (Wildman–Crippen LogP) is 7.26. The van der Waals surface area contributed by atoms with Gasteiger partial charge in [-0.1, -0.05) is 36.7 Å². The summed E-state index contributed by atoms with van der Waals surface area (Å²) < 4.78 is 8.09. The molecule has 13 rings (SSSR count). The lowest BCUT2D eigenvalue weighted by molar-refractivity contribution is -0.440. The molecule has 13 aliphatic carbocycles. The lowest BCUT2D eigenvalue weighted by atomic mass is 9.13. The standard InChI is InChI=1S/C28H41BrOSi/c1-24(2,3)31(4,5)30-26-8-18-15-10-27-12-25(29)6-16-14-11-28(13-26,22(18)20(16)27)23(19(15)9-26)21(27)17(14)7-25/h14-23H,6-13H2,1-5H3. The SMILES string of the molecule is CC(C)(C)[Si](C)(C)OC12CC3C4CC56CC7(Br)CC8C9CC(C1)(C3C85)C(C4C2)C6C9C7. The van der Waals surface area contributed by atoms with Crippen LogP contribution in [0.3, 0.4) is 0 Å². The largest absolute Gasteiger partial charge is 0.411 e. The highest BCUT2D eigenvalue weighted by Gasteiger charge is 2.89. The van der Waals surface area contributed by atoms with E-state index in [1.54, 1.807) is 19.3 Å². The minimum atomic E-state index is -1.73. The monoisotopic (exact) mass is 500 g/mol. The minimum Gasteiger partial charge on any atom is -0.411 e. The van der Waals surface area contributed by atoms with E-state index in [1.165, 1.54) is 32.1 Å². The van der Waals surface area contributed by atoms with Gasteiger partial charge in [0.25, 0.3) is 0 Å². The van der Waals surface area contributed by atoms with Crippen LogP contribution in [-0.4, -0.2) is 18.2 Å². The van der Waals surface area contributed by atoms with Gasteiger partial charge in [0, 0.05) is 4.32 Å². The first-order chi connectivity index (χ1) is 14.4. The van der Waals surface area contributed by atoms with Crippen molar-refractivity contribution in [3.63, 3.8) is 0 Å². The summed E-state index contributed by atoms with van der Waals surface area (Å²) in [5.41, 5.74) is 1.76. The van der Waals surface area contributed by atoms with Gasteiger partial charge in [0.05, 0.1) is 5.60 Å². The van der Waals surface area contributed by atoms with E-state index in [0.29, 0.717) is 14.8 Å². The molecule has 2 spiro atoms. The highest BCUT2D eigenvalue weighted by atomic mass is 79.9. The first-order valence-corrected chi connectivity index (χ1v) is 17.5. The maximum atomic E-state index is 7.55. The second-order valence-corrected chi connectivity index (χ2v) is 22.7. The van der Waals surface area contributed by atoms with Crippen LogP contribution in [0.25, 0.3) is 0 Å². The molecule has 0 amide bonds. The topological polar surface area (TPSA) is 9.23 Å². The first-order valence-electron chi connectivity index (χ1n) is 13.8. The Morgan fingerprint density at radius 1 is 0.677 bits per heavy atom. The fourth-order valence-electron chi connectivity index (χ4n) is 14.3. The molecule has 13 fully saturated rings. The molecule has 0 aromatic rings. The number of hydrogen-bond acceptors (Lipinski definition) is 1. The van der Waals surface area contributed by atoms with Gasteiger partial charge in [0.15, 0.2) is 8.32 Å². The summed E-state index contributed by atoms with van der Waals surface area (Å²) in [4.78, 5) is 0. The fraction of sp³-hybridized carbons (Fsp3) is 1.00. The van der Waals surface area contributed by atoms with Crippen molar-refractivity contribution < 1.29 is 4.43 Å². The van der Waals surface area contributed by atoms with E-state index in [1.807, 2.05) is 0 Å². The van der Waals surface area contributed by atoms with Gasteiger partial charge in [-0.15, -0.1) is 0 Å². The Kier molecular flexibility index (Phi) is 2.87. The predicted molar refractivity (Wildman–Crippen MR) is 129 cm³/mol. The van der Waals surface area contributed by atoms with Gasteiger partial charge in [-0.3, -0.25) is 0 Å². The Morgan fingerprint density at radius 2 is 1.13 bits per heavy atom. The van der Waals surface area contributed by atoms with Crippen LogP contribution in [-0.2, 0) is 4.43 Å². The van der Waals surface area contributed by atoms with E-state index in [0.717, 1.165) is 64.6 Å². The van der Waals surface area contributed by atoms with Gasteiger partial charge in [-0.05, 0) is 140 Å². The van der Waals surface area contributed by atoms with Gasteiger partial charge < -0.3 is 4.43 Å².